The second-order valence-electron chi connectivity index (χ2n) is 6.90. The Bertz CT molecular complexity index is 616. The molecular weight excluding hydrogens is 321 g/mol. The predicted molar refractivity (Wildman–Crippen MR) is 93.7 cm³/mol. The highest BCUT2D eigenvalue weighted by atomic mass is 19.1. The van der Waals surface area contributed by atoms with Crippen LogP contribution in [0.4, 0.5) is 4.39 Å². The van der Waals surface area contributed by atoms with Crippen LogP contribution in [0.5, 0.6) is 0 Å². The van der Waals surface area contributed by atoms with Gasteiger partial charge in [0.25, 0.3) is 5.91 Å². The maximum Gasteiger partial charge on any atom is 0.256 e. The number of benzene rings is 1. The van der Waals surface area contributed by atoms with Crippen molar-refractivity contribution < 1.29 is 14.0 Å². The zero-order valence-corrected chi connectivity index (χ0v) is 14.5. The van der Waals surface area contributed by atoms with Gasteiger partial charge in [0.2, 0.25) is 5.91 Å². The third-order valence-corrected chi connectivity index (χ3v) is 5.17. The minimum atomic E-state index is -0.491. The van der Waals surface area contributed by atoms with Crippen molar-refractivity contribution in [2.24, 2.45) is 5.92 Å². The predicted octanol–water partition coefficient (Wildman–Crippen LogP) is 1.89. The molecule has 0 aliphatic carbocycles. The number of carbonyl (C=O) groups excluding carboxylic acids is 2. The Morgan fingerprint density at radius 2 is 1.88 bits per heavy atom. The highest BCUT2D eigenvalue weighted by Gasteiger charge is 2.25. The van der Waals surface area contributed by atoms with Crippen molar-refractivity contribution >= 4 is 11.8 Å². The Labute approximate surface area is 148 Å². The second-order valence-corrected chi connectivity index (χ2v) is 6.90. The van der Waals surface area contributed by atoms with Crippen molar-refractivity contribution in [2.75, 3.05) is 39.3 Å². The molecule has 2 saturated heterocycles. The van der Waals surface area contributed by atoms with E-state index in [-0.39, 0.29) is 17.4 Å². The van der Waals surface area contributed by atoms with Gasteiger partial charge in [-0.1, -0.05) is 12.1 Å². The summed E-state index contributed by atoms with van der Waals surface area (Å²) in [6.45, 7) is 4.28. The summed E-state index contributed by atoms with van der Waals surface area (Å²) in [4.78, 5) is 28.5. The van der Waals surface area contributed by atoms with Crippen molar-refractivity contribution in [2.45, 2.75) is 25.7 Å². The first kappa shape index (κ1) is 17.9. The van der Waals surface area contributed by atoms with Crippen LogP contribution in [0.15, 0.2) is 24.3 Å². The third-order valence-electron chi connectivity index (χ3n) is 5.17. The van der Waals surface area contributed by atoms with Gasteiger partial charge < -0.3 is 15.1 Å². The van der Waals surface area contributed by atoms with Crippen molar-refractivity contribution in [1.82, 2.24) is 15.1 Å². The molecule has 0 radical (unpaired) electrons. The minimum absolute atomic E-state index is 0.107. The van der Waals surface area contributed by atoms with Crippen LogP contribution in [-0.4, -0.2) is 60.9 Å². The molecule has 25 heavy (non-hydrogen) atoms. The number of amides is 2. The van der Waals surface area contributed by atoms with Crippen LogP contribution in [0, 0.1) is 11.7 Å². The van der Waals surface area contributed by atoms with E-state index in [2.05, 4.69) is 5.32 Å². The lowest BCUT2D eigenvalue weighted by atomic mass is 10.0. The topological polar surface area (TPSA) is 52.7 Å². The summed E-state index contributed by atoms with van der Waals surface area (Å²) in [5, 5.41) is 3.32. The molecular formula is C19H26FN3O2. The van der Waals surface area contributed by atoms with Crippen molar-refractivity contribution in [3.63, 3.8) is 0 Å². The van der Waals surface area contributed by atoms with Gasteiger partial charge in [-0.05, 0) is 50.4 Å². The lowest BCUT2D eigenvalue weighted by Gasteiger charge is -2.23. The highest BCUT2D eigenvalue weighted by Crippen LogP contribution is 2.17. The molecule has 6 heteroatoms. The molecule has 2 amide bonds. The average molecular weight is 347 g/mol. The van der Waals surface area contributed by atoms with Gasteiger partial charge >= 0.3 is 0 Å². The SMILES string of the molecule is O=C(CCC1CCNC1)N1CCCN(C(=O)c2ccccc2F)CC1. The van der Waals surface area contributed by atoms with Crippen LogP contribution in [-0.2, 0) is 4.79 Å². The van der Waals surface area contributed by atoms with E-state index in [1.54, 1.807) is 17.0 Å². The van der Waals surface area contributed by atoms with Crippen LogP contribution < -0.4 is 5.32 Å². The molecule has 1 N–H and O–H groups in total. The third kappa shape index (κ3) is 4.57. The Balaban J connectivity index is 1.52. The number of hydrogen-bond donors (Lipinski definition) is 1. The van der Waals surface area contributed by atoms with E-state index in [1.807, 2.05) is 4.90 Å². The first-order chi connectivity index (χ1) is 12.1. The highest BCUT2D eigenvalue weighted by molar-refractivity contribution is 5.94. The Morgan fingerprint density at radius 1 is 1.12 bits per heavy atom. The maximum atomic E-state index is 13.8. The molecule has 2 aliphatic rings. The average Bonchev–Trinajstić information content (AvgIpc) is 3.02. The minimum Gasteiger partial charge on any atom is -0.341 e. The molecule has 1 aromatic rings. The van der Waals surface area contributed by atoms with E-state index in [1.165, 1.54) is 12.1 Å². The van der Waals surface area contributed by atoms with Crippen LogP contribution >= 0.6 is 0 Å². The van der Waals surface area contributed by atoms with Crippen molar-refractivity contribution in [1.29, 1.82) is 0 Å². The monoisotopic (exact) mass is 347 g/mol. The summed E-state index contributed by atoms with van der Waals surface area (Å²) in [5.74, 6) is 0.00133. The number of nitrogens with zero attached hydrogens (tertiary/aromatic N) is 2. The normalized spacial score (nSPS) is 21.2. The van der Waals surface area contributed by atoms with Gasteiger partial charge in [0.05, 0.1) is 5.56 Å². The molecule has 3 rings (SSSR count). The van der Waals surface area contributed by atoms with E-state index in [4.69, 9.17) is 0 Å². The number of rotatable bonds is 4. The number of hydrogen-bond acceptors (Lipinski definition) is 3. The van der Waals surface area contributed by atoms with Crippen LogP contribution in [0.25, 0.3) is 0 Å². The standard InChI is InChI=1S/C19H26FN3O2/c20-17-5-2-1-4-16(17)19(25)23-11-3-10-22(12-13-23)18(24)7-6-15-8-9-21-14-15/h1-2,4-5,15,21H,3,6-14H2. The maximum absolute atomic E-state index is 13.8. The van der Waals surface area contributed by atoms with E-state index in [0.29, 0.717) is 38.5 Å². The molecule has 1 atom stereocenters. The number of nitrogens with one attached hydrogen (secondary N) is 1. The quantitative estimate of drug-likeness (QED) is 0.905. The molecule has 1 unspecified atom stereocenters. The fourth-order valence-electron chi connectivity index (χ4n) is 3.62. The summed E-state index contributed by atoms with van der Waals surface area (Å²) in [5.41, 5.74) is 0.107. The van der Waals surface area contributed by atoms with E-state index in [0.717, 1.165) is 32.4 Å². The lowest BCUT2D eigenvalue weighted by molar-refractivity contribution is -0.131. The van der Waals surface area contributed by atoms with Gasteiger partial charge in [0, 0.05) is 32.6 Å². The van der Waals surface area contributed by atoms with Gasteiger partial charge in [0.15, 0.2) is 0 Å². The molecule has 2 aliphatic heterocycles. The Morgan fingerprint density at radius 3 is 2.64 bits per heavy atom. The first-order valence-corrected chi connectivity index (χ1v) is 9.17. The van der Waals surface area contributed by atoms with Gasteiger partial charge in [-0.3, -0.25) is 9.59 Å². The van der Waals surface area contributed by atoms with Gasteiger partial charge in [-0.25, -0.2) is 4.39 Å². The first-order valence-electron chi connectivity index (χ1n) is 9.17. The van der Waals surface area contributed by atoms with E-state index < -0.39 is 5.82 Å². The Hall–Kier alpha value is -1.95. The fourth-order valence-corrected chi connectivity index (χ4v) is 3.62. The van der Waals surface area contributed by atoms with Gasteiger partial charge in [-0.15, -0.1) is 0 Å². The summed E-state index contributed by atoms with van der Waals surface area (Å²) < 4.78 is 13.8. The zero-order valence-electron chi connectivity index (χ0n) is 14.5. The van der Waals surface area contributed by atoms with E-state index in [9.17, 15) is 14.0 Å². The molecule has 1 aromatic carbocycles. The smallest absolute Gasteiger partial charge is 0.256 e. The summed E-state index contributed by atoms with van der Waals surface area (Å²) in [7, 11) is 0. The van der Waals surface area contributed by atoms with Gasteiger partial charge in [0.1, 0.15) is 5.82 Å². The van der Waals surface area contributed by atoms with Crippen molar-refractivity contribution in [3.8, 4) is 0 Å². The van der Waals surface area contributed by atoms with Crippen LogP contribution in [0.3, 0.4) is 0 Å². The van der Waals surface area contributed by atoms with Crippen molar-refractivity contribution in [3.05, 3.63) is 35.6 Å². The second kappa shape index (κ2) is 8.43. The molecule has 0 bridgehead atoms. The van der Waals surface area contributed by atoms with E-state index >= 15 is 0 Å². The molecule has 5 nitrogen and oxygen atoms in total. The zero-order chi connectivity index (χ0) is 17.6. The Kier molecular flexibility index (Phi) is 6.02. The van der Waals surface area contributed by atoms with Crippen LogP contribution in [0.2, 0.25) is 0 Å². The molecule has 2 heterocycles. The van der Waals surface area contributed by atoms with Crippen LogP contribution in [0.1, 0.15) is 36.0 Å². The molecule has 136 valence electrons. The molecule has 0 spiro atoms. The number of carbonyl (C=O) groups is 2. The van der Waals surface area contributed by atoms with Gasteiger partial charge in [-0.2, -0.15) is 0 Å². The largest absolute Gasteiger partial charge is 0.341 e. The summed E-state index contributed by atoms with van der Waals surface area (Å²) in [6.07, 6.45) is 3.39. The summed E-state index contributed by atoms with van der Waals surface area (Å²) >= 11 is 0. The molecule has 0 aromatic heterocycles. The number of halogens is 1. The lowest BCUT2D eigenvalue weighted by Crippen LogP contribution is -2.37. The summed E-state index contributed by atoms with van der Waals surface area (Å²) in [6, 6.07) is 6.07. The molecule has 0 saturated carbocycles. The molecule has 2 fully saturated rings. The fraction of sp³-hybridized carbons (Fsp3) is 0.579.